The van der Waals surface area contributed by atoms with E-state index in [1.807, 2.05) is 31.3 Å². The molecule has 2 aromatic carbocycles. The van der Waals surface area contributed by atoms with Gasteiger partial charge in [-0.3, -0.25) is 0 Å². The molecule has 0 aromatic heterocycles. The van der Waals surface area contributed by atoms with Gasteiger partial charge in [0.1, 0.15) is 0 Å². The van der Waals surface area contributed by atoms with Crippen molar-refractivity contribution in [2.45, 2.75) is 36.0 Å². The standard InChI is InChI=1S/C23H31Cl2N3O2S/c1-26-16-19(18-7-8-21(24)22(25)15-18)11-14-28-12-9-17(10-13-28)20-5-3-4-6-23(20)31(29,30)27-2/h3-8,15,17,19,26-27H,9-14,16H2,1-2H3. The van der Waals surface area contributed by atoms with Crippen molar-refractivity contribution in [2.75, 3.05) is 40.3 Å². The predicted octanol–water partition coefficient (Wildman–Crippen LogP) is 4.47. The van der Waals surface area contributed by atoms with E-state index < -0.39 is 10.0 Å². The van der Waals surface area contributed by atoms with Crippen LogP contribution in [0.1, 0.15) is 42.2 Å². The molecule has 0 bridgehead atoms. The molecule has 0 saturated carbocycles. The highest BCUT2D eigenvalue weighted by atomic mass is 35.5. The zero-order valence-corrected chi connectivity index (χ0v) is 20.4. The average molecular weight is 484 g/mol. The molecule has 1 aliphatic heterocycles. The number of likely N-dealkylation sites (tertiary alicyclic amines) is 1. The van der Waals surface area contributed by atoms with Gasteiger partial charge in [-0.1, -0.05) is 47.5 Å². The van der Waals surface area contributed by atoms with E-state index in [2.05, 4.69) is 21.0 Å². The fraction of sp³-hybridized carbons (Fsp3) is 0.478. The Morgan fingerprint density at radius 2 is 1.77 bits per heavy atom. The van der Waals surface area contributed by atoms with Gasteiger partial charge >= 0.3 is 0 Å². The number of sulfonamides is 1. The van der Waals surface area contributed by atoms with Crippen LogP contribution < -0.4 is 10.0 Å². The lowest BCUT2D eigenvalue weighted by molar-refractivity contribution is 0.204. The molecule has 1 fully saturated rings. The summed E-state index contributed by atoms with van der Waals surface area (Å²) in [6, 6.07) is 13.3. The normalized spacial score (nSPS) is 17.0. The van der Waals surface area contributed by atoms with E-state index >= 15 is 0 Å². The van der Waals surface area contributed by atoms with Gasteiger partial charge in [-0.25, -0.2) is 13.1 Å². The molecular weight excluding hydrogens is 453 g/mol. The first-order valence-corrected chi connectivity index (χ1v) is 12.9. The second kappa shape index (κ2) is 11.1. The van der Waals surface area contributed by atoms with E-state index in [1.54, 1.807) is 12.1 Å². The highest BCUT2D eigenvalue weighted by Gasteiger charge is 2.26. The first-order chi connectivity index (χ1) is 14.9. The van der Waals surface area contributed by atoms with Crippen LogP contribution in [0.5, 0.6) is 0 Å². The Morgan fingerprint density at radius 3 is 2.42 bits per heavy atom. The molecule has 5 nitrogen and oxygen atoms in total. The molecule has 2 N–H and O–H groups in total. The molecule has 1 saturated heterocycles. The molecule has 0 amide bonds. The van der Waals surface area contributed by atoms with Gasteiger partial charge in [0.25, 0.3) is 0 Å². The fourth-order valence-electron chi connectivity index (χ4n) is 4.38. The average Bonchev–Trinajstić information content (AvgIpc) is 2.79. The summed E-state index contributed by atoms with van der Waals surface area (Å²) in [5, 5.41) is 4.46. The third-order valence-electron chi connectivity index (χ3n) is 6.16. The van der Waals surface area contributed by atoms with Crippen molar-refractivity contribution in [1.82, 2.24) is 14.9 Å². The molecule has 2 aromatic rings. The zero-order valence-electron chi connectivity index (χ0n) is 18.1. The van der Waals surface area contributed by atoms with Gasteiger partial charge in [-0.2, -0.15) is 0 Å². The first-order valence-electron chi connectivity index (χ1n) is 10.7. The van der Waals surface area contributed by atoms with Crippen LogP contribution in [0, 0.1) is 0 Å². The molecule has 1 atom stereocenters. The topological polar surface area (TPSA) is 61.4 Å². The smallest absolute Gasteiger partial charge is 0.240 e. The van der Waals surface area contributed by atoms with Crippen LogP contribution in [0.2, 0.25) is 10.0 Å². The predicted molar refractivity (Wildman–Crippen MR) is 129 cm³/mol. The van der Waals surface area contributed by atoms with E-state index in [0.29, 0.717) is 20.9 Å². The maximum absolute atomic E-state index is 12.4. The second-order valence-electron chi connectivity index (χ2n) is 8.08. The number of rotatable bonds is 9. The molecule has 0 radical (unpaired) electrons. The number of nitrogens with zero attached hydrogens (tertiary/aromatic N) is 1. The largest absolute Gasteiger partial charge is 0.319 e. The van der Waals surface area contributed by atoms with Crippen molar-refractivity contribution in [2.24, 2.45) is 0 Å². The molecule has 3 rings (SSSR count). The highest BCUT2D eigenvalue weighted by molar-refractivity contribution is 7.89. The Morgan fingerprint density at radius 1 is 1.06 bits per heavy atom. The Kier molecular flexibility index (Phi) is 8.79. The Balaban J connectivity index is 1.61. The monoisotopic (exact) mass is 483 g/mol. The van der Waals surface area contributed by atoms with Crippen LogP contribution in [0.25, 0.3) is 0 Å². The molecule has 0 aliphatic carbocycles. The third kappa shape index (κ3) is 6.21. The number of hydrogen-bond acceptors (Lipinski definition) is 4. The molecule has 31 heavy (non-hydrogen) atoms. The second-order valence-corrected chi connectivity index (χ2v) is 10.7. The van der Waals surface area contributed by atoms with Crippen molar-refractivity contribution in [3.63, 3.8) is 0 Å². The molecule has 8 heteroatoms. The maximum atomic E-state index is 12.4. The highest BCUT2D eigenvalue weighted by Crippen LogP contribution is 2.33. The zero-order chi connectivity index (χ0) is 22.4. The number of halogens is 2. The summed E-state index contributed by atoms with van der Waals surface area (Å²) >= 11 is 12.3. The summed E-state index contributed by atoms with van der Waals surface area (Å²) in [6.07, 6.45) is 2.94. The van der Waals surface area contributed by atoms with Gasteiger partial charge in [0.15, 0.2) is 0 Å². The number of nitrogens with one attached hydrogen (secondary N) is 2. The fourth-order valence-corrected chi connectivity index (χ4v) is 5.71. The minimum atomic E-state index is -3.45. The minimum absolute atomic E-state index is 0.263. The SMILES string of the molecule is CNCC(CCN1CCC(c2ccccc2S(=O)(=O)NC)CC1)c1ccc(Cl)c(Cl)c1. The molecule has 170 valence electrons. The van der Waals surface area contributed by atoms with Crippen molar-refractivity contribution >= 4 is 33.2 Å². The van der Waals surface area contributed by atoms with E-state index in [9.17, 15) is 8.42 Å². The molecule has 1 heterocycles. The third-order valence-corrected chi connectivity index (χ3v) is 8.39. The van der Waals surface area contributed by atoms with Crippen molar-refractivity contribution in [3.05, 3.63) is 63.6 Å². The van der Waals surface area contributed by atoms with Gasteiger partial charge in [0.2, 0.25) is 10.0 Å². The van der Waals surface area contributed by atoms with Crippen LogP contribution in [-0.4, -0.2) is 53.6 Å². The van der Waals surface area contributed by atoms with Crippen molar-refractivity contribution in [1.29, 1.82) is 0 Å². The van der Waals surface area contributed by atoms with Crippen molar-refractivity contribution < 1.29 is 8.42 Å². The Hall–Kier alpha value is -1.15. The summed E-state index contributed by atoms with van der Waals surface area (Å²) in [5.41, 5.74) is 2.13. The van der Waals surface area contributed by atoms with Gasteiger partial charge in [0.05, 0.1) is 14.9 Å². The number of benzene rings is 2. The summed E-state index contributed by atoms with van der Waals surface area (Å²) < 4.78 is 27.3. The number of hydrogen-bond donors (Lipinski definition) is 2. The van der Waals surface area contributed by atoms with Gasteiger partial charge in [-0.05, 0) is 94.2 Å². The van der Waals surface area contributed by atoms with Crippen molar-refractivity contribution in [3.8, 4) is 0 Å². The van der Waals surface area contributed by atoms with E-state index in [0.717, 1.165) is 51.0 Å². The maximum Gasteiger partial charge on any atom is 0.240 e. The quantitative estimate of drug-likeness (QED) is 0.551. The Bertz CT molecular complexity index is 977. The molecular formula is C23H31Cl2N3O2S. The van der Waals surface area contributed by atoms with Crippen LogP contribution in [0.3, 0.4) is 0 Å². The summed E-state index contributed by atoms with van der Waals surface area (Å²) in [4.78, 5) is 2.89. The van der Waals surface area contributed by atoms with E-state index in [4.69, 9.17) is 23.2 Å². The summed E-state index contributed by atoms with van der Waals surface area (Å²) in [7, 11) is -0.0201. The van der Waals surface area contributed by atoms with Gasteiger partial charge < -0.3 is 10.2 Å². The van der Waals surface area contributed by atoms with Crippen LogP contribution >= 0.6 is 23.2 Å². The first kappa shape index (κ1) is 24.5. The van der Waals surface area contributed by atoms with Crippen LogP contribution in [0.15, 0.2) is 47.4 Å². The molecule has 0 spiro atoms. The Labute approximate surface area is 196 Å². The van der Waals surface area contributed by atoms with Gasteiger partial charge in [-0.15, -0.1) is 0 Å². The van der Waals surface area contributed by atoms with Gasteiger partial charge in [0, 0.05) is 6.54 Å². The minimum Gasteiger partial charge on any atom is -0.319 e. The van der Waals surface area contributed by atoms with E-state index in [-0.39, 0.29) is 5.92 Å². The number of likely N-dealkylation sites (N-methyl/N-ethyl adjacent to an activating group) is 1. The molecule has 1 aliphatic rings. The van der Waals surface area contributed by atoms with E-state index in [1.165, 1.54) is 12.6 Å². The lowest BCUT2D eigenvalue weighted by Gasteiger charge is -2.33. The lowest BCUT2D eigenvalue weighted by atomic mass is 9.89. The van der Waals surface area contributed by atoms with Crippen LogP contribution in [0.4, 0.5) is 0 Å². The lowest BCUT2D eigenvalue weighted by Crippen LogP contribution is -2.35. The summed E-state index contributed by atoms with van der Waals surface area (Å²) in [6.45, 7) is 3.80. The number of piperidine rings is 1. The van der Waals surface area contributed by atoms with Crippen LogP contribution in [-0.2, 0) is 10.0 Å². The summed E-state index contributed by atoms with van der Waals surface area (Å²) in [5.74, 6) is 0.623. The molecule has 1 unspecified atom stereocenters.